The van der Waals surface area contributed by atoms with E-state index in [9.17, 15) is 9.50 Å². The van der Waals surface area contributed by atoms with Crippen LogP contribution in [-0.2, 0) is 0 Å². The monoisotopic (exact) mass is 438 g/mol. The van der Waals surface area contributed by atoms with E-state index in [1.165, 1.54) is 31.0 Å². The lowest BCUT2D eigenvalue weighted by atomic mass is 9.95. The summed E-state index contributed by atoms with van der Waals surface area (Å²) in [6, 6.07) is 12.5. The van der Waals surface area contributed by atoms with Crippen molar-refractivity contribution in [2.45, 2.75) is 69.5 Å². The fraction of sp³-hybridized carbons (Fsp3) is 0.577. The Balaban J connectivity index is 1.45. The minimum atomic E-state index is -0.174. The van der Waals surface area contributed by atoms with Crippen LogP contribution in [0.4, 0.5) is 21.6 Å². The number of aliphatic hydroxyl groups excluding tert-OH is 1. The molecule has 32 heavy (non-hydrogen) atoms. The molecule has 1 aromatic heterocycles. The molecule has 2 aromatic rings. The minimum Gasteiger partial charge on any atom is -0.396 e. The Hall–Kier alpha value is -2.34. The topological polar surface area (TPSA) is 42.8 Å². The molecule has 0 bridgehead atoms. The van der Waals surface area contributed by atoms with Crippen LogP contribution in [0, 0.1) is 5.82 Å². The van der Waals surface area contributed by atoms with E-state index in [-0.39, 0.29) is 12.4 Å². The maximum absolute atomic E-state index is 14.0. The Morgan fingerprint density at radius 2 is 1.84 bits per heavy atom. The normalized spacial score (nSPS) is 25.8. The molecule has 0 radical (unpaired) electrons. The number of halogens is 1. The average Bonchev–Trinajstić information content (AvgIpc) is 3.22. The fourth-order valence-corrected chi connectivity index (χ4v) is 6.12. The van der Waals surface area contributed by atoms with Crippen molar-refractivity contribution in [2.75, 3.05) is 40.9 Å². The molecule has 5 rings (SSSR count). The summed E-state index contributed by atoms with van der Waals surface area (Å²) >= 11 is 0. The highest BCUT2D eigenvalue weighted by Crippen LogP contribution is 2.41. The standard InChI is InChI=1S/C26H35FN4O/c27-20-7-4-8-22(17-20)30-15-5-10-24-25(30)18-23(9-6-16-32)31(24)26-19-21(11-12-28-26)29-13-2-1-3-14-29/h4,7-8,11-12,17,19,23-25,32H,1-3,5-6,9-10,13-16,18H2/t23-,24+,25+/m0/s1. The molecule has 6 heteroatoms. The lowest BCUT2D eigenvalue weighted by Crippen LogP contribution is -2.50. The van der Waals surface area contributed by atoms with Gasteiger partial charge >= 0.3 is 0 Å². The second kappa shape index (κ2) is 9.65. The summed E-state index contributed by atoms with van der Waals surface area (Å²) in [6.07, 6.45) is 10.8. The number of aromatic nitrogens is 1. The molecule has 4 heterocycles. The number of hydrogen-bond acceptors (Lipinski definition) is 5. The Kier molecular flexibility index (Phi) is 6.49. The van der Waals surface area contributed by atoms with E-state index in [1.807, 2.05) is 18.3 Å². The van der Waals surface area contributed by atoms with Gasteiger partial charge in [-0.2, -0.15) is 0 Å². The van der Waals surface area contributed by atoms with E-state index < -0.39 is 0 Å². The van der Waals surface area contributed by atoms with Crippen molar-refractivity contribution in [3.05, 3.63) is 48.4 Å². The van der Waals surface area contributed by atoms with Crippen molar-refractivity contribution in [1.29, 1.82) is 0 Å². The number of hydrogen-bond donors (Lipinski definition) is 1. The first-order valence-electron chi connectivity index (χ1n) is 12.4. The summed E-state index contributed by atoms with van der Waals surface area (Å²) in [4.78, 5) is 12.3. The SMILES string of the molecule is OCCC[C@H]1C[C@@H]2[C@@H](CCCN2c2cccc(F)c2)N1c1cc(N2CCCCC2)ccn1. The van der Waals surface area contributed by atoms with Crippen molar-refractivity contribution in [3.8, 4) is 0 Å². The highest BCUT2D eigenvalue weighted by Gasteiger charge is 2.46. The van der Waals surface area contributed by atoms with Crippen LogP contribution >= 0.6 is 0 Å². The van der Waals surface area contributed by atoms with Crippen molar-refractivity contribution in [2.24, 2.45) is 0 Å². The maximum Gasteiger partial charge on any atom is 0.131 e. The van der Waals surface area contributed by atoms with Crippen LogP contribution in [0.25, 0.3) is 0 Å². The van der Waals surface area contributed by atoms with Gasteiger partial charge in [0.05, 0.1) is 12.1 Å². The molecule has 1 aromatic carbocycles. The number of pyridine rings is 1. The molecule has 0 saturated carbocycles. The first-order chi connectivity index (χ1) is 15.7. The molecular weight excluding hydrogens is 403 g/mol. The molecule has 172 valence electrons. The van der Waals surface area contributed by atoms with E-state index in [0.717, 1.165) is 63.2 Å². The minimum absolute atomic E-state index is 0.174. The summed E-state index contributed by atoms with van der Waals surface area (Å²) in [5.74, 6) is 0.886. The predicted octanol–water partition coefficient (Wildman–Crippen LogP) is 4.60. The summed E-state index contributed by atoms with van der Waals surface area (Å²) in [5, 5.41) is 9.52. The van der Waals surface area contributed by atoms with Gasteiger partial charge in [0.2, 0.25) is 0 Å². The second-order valence-corrected chi connectivity index (χ2v) is 9.53. The summed E-state index contributed by atoms with van der Waals surface area (Å²) in [7, 11) is 0. The molecule has 5 nitrogen and oxygen atoms in total. The van der Waals surface area contributed by atoms with Gasteiger partial charge in [0.1, 0.15) is 11.6 Å². The van der Waals surface area contributed by atoms with E-state index in [1.54, 1.807) is 6.07 Å². The van der Waals surface area contributed by atoms with Gasteiger partial charge in [0.25, 0.3) is 0 Å². The average molecular weight is 439 g/mol. The van der Waals surface area contributed by atoms with E-state index in [2.05, 4.69) is 26.8 Å². The molecular formula is C26H35FN4O. The quantitative estimate of drug-likeness (QED) is 0.714. The van der Waals surface area contributed by atoms with Gasteiger partial charge in [-0.15, -0.1) is 0 Å². The van der Waals surface area contributed by atoms with Crippen LogP contribution in [0.15, 0.2) is 42.6 Å². The van der Waals surface area contributed by atoms with Crippen molar-refractivity contribution >= 4 is 17.2 Å². The van der Waals surface area contributed by atoms with Gasteiger partial charge in [-0.05, 0) is 75.6 Å². The summed E-state index contributed by atoms with van der Waals surface area (Å²) in [5.41, 5.74) is 2.26. The van der Waals surface area contributed by atoms with Crippen molar-refractivity contribution in [3.63, 3.8) is 0 Å². The van der Waals surface area contributed by atoms with Crippen molar-refractivity contribution in [1.82, 2.24) is 4.98 Å². The predicted molar refractivity (Wildman–Crippen MR) is 128 cm³/mol. The van der Waals surface area contributed by atoms with Gasteiger partial charge in [0, 0.05) is 55.9 Å². The number of fused-ring (bicyclic) bond motifs is 1. The number of rotatable bonds is 6. The van der Waals surface area contributed by atoms with Crippen LogP contribution in [0.1, 0.15) is 51.4 Å². The van der Waals surface area contributed by atoms with Gasteiger partial charge in [0.15, 0.2) is 0 Å². The van der Waals surface area contributed by atoms with Crippen LogP contribution in [0.5, 0.6) is 0 Å². The molecule has 3 fully saturated rings. The van der Waals surface area contributed by atoms with Crippen LogP contribution in [-0.4, -0.2) is 54.5 Å². The highest BCUT2D eigenvalue weighted by atomic mass is 19.1. The lowest BCUT2D eigenvalue weighted by molar-refractivity contribution is 0.279. The zero-order valence-electron chi connectivity index (χ0n) is 18.9. The Bertz CT molecular complexity index is 903. The van der Waals surface area contributed by atoms with E-state index >= 15 is 0 Å². The Morgan fingerprint density at radius 1 is 0.969 bits per heavy atom. The van der Waals surface area contributed by atoms with Crippen LogP contribution in [0.2, 0.25) is 0 Å². The number of anilines is 3. The largest absolute Gasteiger partial charge is 0.396 e. The number of nitrogens with zero attached hydrogens (tertiary/aromatic N) is 4. The Morgan fingerprint density at radius 3 is 2.66 bits per heavy atom. The molecule has 3 aliphatic heterocycles. The summed E-state index contributed by atoms with van der Waals surface area (Å²) in [6.45, 7) is 3.43. The third-order valence-electron chi connectivity index (χ3n) is 7.56. The number of benzene rings is 1. The van der Waals surface area contributed by atoms with Gasteiger partial charge in [-0.25, -0.2) is 9.37 Å². The number of piperidine rings is 2. The smallest absolute Gasteiger partial charge is 0.131 e. The molecule has 3 saturated heterocycles. The van der Waals surface area contributed by atoms with Gasteiger partial charge in [-0.1, -0.05) is 6.07 Å². The van der Waals surface area contributed by atoms with E-state index in [4.69, 9.17) is 4.98 Å². The van der Waals surface area contributed by atoms with Gasteiger partial charge < -0.3 is 19.8 Å². The molecule has 1 N–H and O–H groups in total. The van der Waals surface area contributed by atoms with E-state index in [0.29, 0.717) is 18.1 Å². The third kappa shape index (κ3) is 4.29. The fourth-order valence-electron chi connectivity index (χ4n) is 6.12. The maximum atomic E-state index is 14.0. The lowest BCUT2D eigenvalue weighted by Gasteiger charge is -2.42. The first-order valence-corrected chi connectivity index (χ1v) is 12.4. The molecule has 0 spiro atoms. The molecule has 3 aliphatic rings. The van der Waals surface area contributed by atoms with Crippen molar-refractivity contribution < 1.29 is 9.50 Å². The Labute approximate surface area is 190 Å². The second-order valence-electron chi connectivity index (χ2n) is 9.53. The molecule has 3 atom stereocenters. The van der Waals surface area contributed by atoms with Crippen LogP contribution < -0.4 is 14.7 Å². The van der Waals surface area contributed by atoms with Gasteiger partial charge in [-0.3, -0.25) is 0 Å². The zero-order chi connectivity index (χ0) is 21.9. The highest BCUT2D eigenvalue weighted by molar-refractivity contribution is 5.59. The third-order valence-corrected chi connectivity index (χ3v) is 7.56. The van der Waals surface area contributed by atoms with Crippen LogP contribution in [0.3, 0.4) is 0 Å². The number of aliphatic hydroxyl groups is 1. The molecule has 0 amide bonds. The first kappa shape index (κ1) is 21.5. The molecule has 0 unspecified atom stereocenters. The summed E-state index contributed by atoms with van der Waals surface area (Å²) < 4.78 is 14.0. The molecule has 0 aliphatic carbocycles. The zero-order valence-corrected chi connectivity index (χ0v) is 18.9.